The van der Waals surface area contributed by atoms with Crippen LogP contribution in [0.15, 0.2) is 24.3 Å². The smallest absolute Gasteiger partial charge is 0.308 e. The highest BCUT2D eigenvalue weighted by atomic mass is 16.5. The number of aryl methyl sites for hydroxylation is 1. The number of hydrogen-bond donors (Lipinski definition) is 1. The molecule has 0 bridgehead atoms. The van der Waals surface area contributed by atoms with E-state index in [1.165, 1.54) is 37.7 Å². The topological polar surface area (TPSA) is 46.5 Å². The fourth-order valence-corrected chi connectivity index (χ4v) is 3.98. The molecule has 0 saturated heterocycles. The van der Waals surface area contributed by atoms with Crippen molar-refractivity contribution in [2.24, 2.45) is 5.92 Å². The van der Waals surface area contributed by atoms with Crippen LogP contribution >= 0.6 is 0 Å². The molecule has 1 N–H and O–H groups in total. The molecule has 0 unspecified atom stereocenters. The van der Waals surface area contributed by atoms with Crippen molar-refractivity contribution in [3.8, 4) is 0 Å². The molecule has 3 heteroatoms. The van der Waals surface area contributed by atoms with E-state index in [1.54, 1.807) is 0 Å². The number of ether oxygens (including phenoxy) is 1. The number of rotatable bonds is 11. The molecule has 3 nitrogen and oxygen atoms in total. The van der Waals surface area contributed by atoms with Crippen molar-refractivity contribution < 1.29 is 14.6 Å². The van der Waals surface area contributed by atoms with Crippen molar-refractivity contribution in [1.82, 2.24) is 0 Å². The lowest BCUT2D eigenvalue weighted by Gasteiger charge is -2.35. The molecule has 1 aliphatic carbocycles. The molecule has 152 valence electrons. The Bertz CT molecular complexity index is 541. The fourth-order valence-electron chi connectivity index (χ4n) is 3.98. The van der Waals surface area contributed by atoms with E-state index in [0.717, 1.165) is 24.8 Å². The Kier molecular flexibility index (Phi) is 9.33. The summed E-state index contributed by atoms with van der Waals surface area (Å²) >= 11 is 0. The molecule has 0 atom stereocenters. The summed E-state index contributed by atoms with van der Waals surface area (Å²) in [4.78, 5) is 12.3. The second-order valence-corrected chi connectivity index (χ2v) is 8.19. The van der Waals surface area contributed by atoms with Crippen molar-refractivity contribution in [3.05, 3.63) is 35.4 Å². The van der Waals surface area contributed by atoms with Gasteiger partial charge in [-0.25, -0.2) is 0 Å². The van der Waals surface area contributed by atoms with Crippen molar-refractivity contribution in [1.29, 1.82) is 0 Å². The van der Waals surface area contributed by atoms with Gasteiger partial charge in [0.1, 0.15) is 0 Å². The summed E-state index contributed by atoms with van der Waals surface area (Å²) in [5.74, 6) is -0.118. The minimum atomic E-state index is -0.791. The predicted molar refractivity (Wildman–Crippen MR) is 111 cm³/mol. The summed E-state index contributed by atoms with van der Waals surface area (Å²) < 4.78 is 5.47. The van der Waals surface area contributed by atoms with E-state index in [4.69, 9.17) is 4.74 Å². The summed E-state index contributed by atoms with van der Waals surface area (Å²) in [7, 11) is 0. The van der Waals surface area contributed by atoms with E-state index >= 15 is 0 Å². The molecule has 27 heavy (non-hydrogen) atoms. The average molecular weight is 375 g/mol. The summed E-state index contributed by atoms with van der Waals surface area (Å²) in [5, 5.41) is 11.1. The van der Waals surface area contributed by atoms with Gasteiger partial charge in [-0.1, -0.05) is 70.2 Å². The van der Waals surface area contributed by atoms with Crippen molar-refractivity contribution >= 4 is 5.97 Å². The van der Waals surface area contributed by atoms with E-state index in [-0.39, 0.29) is 11.9 Å². The molecular formula is C24H38O3. The third-order valence-electron chi connectivity index (χ3n) is 5.95. The monoisotopic (exact) mass is 374 g/mol. The lowest BCUT2D eigenvalue weighted by atomic mass is 9.75. The van der Waals surface area contributed by atoms with E-state index in [1.807, 2.05) is 0 Å². The van der Waals surface area contributed by atoms with E-state index in [0.29, 0.717) is 32.3 Å². The van der Waals surface area contributed by atoms with Gasteiger partial charge >= 0.3 is 5.97 Å². The molecule has 0 aromatic heterocycles. The van der Waals surface area contributed by atoms with E-state index in [2.05, 4.69) is 38.1 Å². The number of carbonyl (C=O) groups excluding carboxylic acids is 1. The van der Waals surface area contributed by atoms with Gasteiger partial charge in [-0.2, -0.15) is 0 Å². The van der Waals surface area contributed by atoms with Gasteiger partial charge in [0.15, 0.2) is 0 Å². The van der Waals surface area contributed by atoms with Crippen molar-refractivity contribution in [2.75, 3.05) is 6.61 Å². The van der Waals surface area contributed by atoms with Crippen LogP contribution in [0.2, 0.25) is 0 Å². The molecule has 0 spiro atoms. The molecule has 2 rings (SSSR count). The Balaban J connectivity index is 1.75. The maximum atomic E-state index is 12.3. The first kappa shape index (κ1) is 21.9. The molecule has 0 aliphatic heterocycles. The van der Waals surface area contributed by atoms with E-state index < -0.39 is 5.60 Å². The lowest BCUT2D eigenvalue weighted by molar-refractivity contribution is -0.152. The summed E-state index contributed by atoms with van der Waals surface area (Å²) in [6.07, 6.45) is 12.0. The lowest BCUT2D eigenvalue weighted by Crippen LogP contribution is -2.34. The minimum Gasteiger partial charge on any atom is -0.465 e. The van der Waals surface area contributed by atoms with Crippen LogP contribution in [-0.2, 0) is 21.6 Å². The molecule has 0 heterocycles. The highest BCUT2D eigenvalue weighted by Crippen LogP contribution is 2.40. The van der Waals surface area contributed by atoms with Gasteiger partial charge in [0.05, 0.1) is 18.1 Å². The standard InChI is InChI=1S/C24H38O3/c1-3-5-7-8-9-19-27-23(25)21-15-17-24(26,18-16-21)22-13-11-20(12-14-22)10-6-4-2/h11-14,21,26H,3-10,15-19H2,1-2H3. The normalized spacial score (nSPS) is 22.6. The summed E-state index contributed by atoms with van der Waals surface area (Å²) in [5.41, 5.74) is 1.53. The molecule has 1 aromatic rings. The van der Waals surface area contributed by atoms with Crippen molar-refractivity contribution in [3.63, 3.8) is 0 Å². The molecule has 1 aliphatic rings. The minimum absolute atomic E-state index is 0.0512. The maximum Gasteiger partial charge on any atom is 0.308 e. The zero-order valence-electron chi connectivity index (χ0n) is 17.3. The highest BCUT2D eigenvalue weighted by molar-refractivity contribution is 5.72. The number of carbonyl (C=O) groups is 1. The highest BCUT2D eigenvalue weighted by Gasteiger charge is 2.37. The molecule has 0 radical (unpaired) electrons. The first-order chi connectivity index (χ1) is 13.1. The Morgan fingerprint density at radius 1 is 1.00 bits per heavy atom. The van der Waals surface area contributed by atoms with Crippen LogP contribution in [0.3, 0.4) is 0 Å². The van der Waals surface area contributed by atoms with E-state index in [9.17, 15) is 9.90 Å². The van der Waals surface area contributed by atoms with Crippen LogP contribution in [0, 0.1) is 5.92 Å². The zero-order valence-corrected chi connectivity index (χ0v) is 17.3. The van der Waals surface area contributed by atoms with Crippen LogP contribution < -0.4 is 0 Å². The van der Waals surface area contributed by atoms with Gasteiger partial charge in [0.25, 0.3) is 0 Å². The van der Waals surface area contributed by atoms with Crippen LogP contribution in [0.4, 0.5) is 0 Å². The second-order valence-electron chi connectivity index (χ2n) is 8.19. The second kappa shape index (κ2) is 11.5. The first-order valence-corrected chi connectivity index (χ1v) is 11.1. The zero-order chi connectivity index (χ0) is 19.5. The van der Waals surface area contributed by atoms with Crippen LogP contribution in [0.25, 0.3) is 0 Å². The maximum absolute atomic E-state index is 12.3. The van der Waals surface area contributed by atoms with Crippen LogP contribution in [-0.4, -0.2) is 17.7 Å². The molecule has 1 aromatic carbocycles. The Labute approximate surface area is 165 Å². The Morgan fingerprint density at radius 3 is 2.26 bits per heavy atom. The summed E-state index contributed by atoms with van der Waals surface area (Å²) in [6, 6.07) is 8.42. The third kappa shape index (κ3) is 6.95. The third-order valence-corrected chi connectivity index (χ3v) is 5.95. The van der Waals surface area contributed by atoms with Gasteiger partial charge < -0.3 is 9.84 Å². The first-order valence-electron chi connectivity index (χ1n) is 11.1. The molecule has 1 fully saturated rings. The molecular weight excluding hydrogens is 336 g/mol. The average Bonchev–Trinajstić information content (AvgIpc) is 2.69. The van der Waals surface area contributed by atoms with Gasteiger partial charge in [-0.05, 0) is 56.1 Å². The molecule has 0 amide bonds. The van der Waals surface area contributed by atoms with Gasteiger partial charge in [-0.15, -0.1) is 0 Å². The predicted octanol–water partition coefficient (Wildman–Crippen LogP) is 5.92. The number of esters is 1. The quantitative estimate of drug-likeness (QED) is 0.386. The largest absolute Gasteiger partial charge is 0.465 e. The Hall–Kier alpha value is -1.35. The van der Waals surface area contributed by atoms with Gasteiger partial charge in [0, 0.05) is 0 Å². The van der Waals surface area contributed by atoms with Crippen molar-refractivity contribution in [2.45, 2.75) is 96.5 Å². The number of aliphatic hydroxyl groups is 1. The van der Waals surface area contributed by atoms with Gasteiger partial charge in [-0.3, -0.25) is 4.79 Å². The SMILES string of the molecule is CCCCCCCOC(=O)C1CCC(O)(c2ccc(CCCC)cc2)CC1. The fraction of sp³-hybridized carbons (Fsp3) is 0.708. The Morgan fingerprint density at radius 2 is 1.63 bits per heavy atom. The number of benzene rings is 1. The number of hydrogen-bond acceptors (Lipinski definition) is 3. The van der Waals surface area contributed by atoms with Gasteiger partial charge in [0.2, 0.25) is 0 Å². The van der Waals surface area contributed by atoms with Crippen LogP contribution in [0.5, 0.6) is 0 Å². The molecule has 1 saturated carbocycles. The number of unbranched alkanes of at least 4 members (excludes halogenated alkanes) is 5. The summed E-state index contributed by atoms with van der Waals surface area (Å²) in [6.45, 7) is 4.95. The van der Waals surface area contributed by atoms with Crippen LogP contribution in [0.1, 0.15) is 95.6 Å².